The fourth-order valence-corrected chi connectivity index (χ4v) is 3.49. The molecular weight excluding hydrogens is 366 g/mol. The third-order valence-electron chi connectivity index (χ3n) is 4.78. The van der Waals surface area contributed by atoms with Gasteiger partial charge in [0, 0.05) is 22.7 Å². The van der Waals surface area contributed by atoms with Crippen LogP contribution in [0.25, 0.3) is 21.9 Å². The lowest BCUT2D eigenvalue weighted by molar-refractivity contribution is -0.0526. The summed E-state index contributed by atoms with van der Waals surface area (Å²) >= 11 is 0. The molecule has 0 radical (unpaired) electrons. The Morgan fingerprint density at radius 3 is 2.79 bits per heavy atom. The highest BCUT2D eigenvalue weighted by Crippen LogP contribution is 2.41. The number of benzene rings is 2. The number of aryl methyl sites for hydroxylation is 1. The molecule has 0 saturated carbocycles. The van der Waals surface area contributed by atoms with Gasteiger partial charge in [-0.1, -0.05) is 0 Å². The third-order valence-corrected chi connectivity index (χ3v) is 4.78. The Bertz CT molecular complexity index is 1230. The summed E-state index contributed by atoms with van der Waals surface area (Å²) in [7, 11) is 0. The van der Waals surface area contributed by atoms with Crippen LogP contribution < -0.4 is 4.74 Å². The number of alkyl halides is 2. The normalized spacial score (nSPS) is 13.8. The van der Waals surface area contributed by atoms with Crippen molar-refractivity contribution in [3.63, 3.8) is 0 Å². The van der Waals surface area contributed by atoms with Crippen LogP contribution in [0.2, 0.25) is 0 Å². The Kier molecular flexibility index (Phi) is 4.05. The molecule has 142 valence electrons. The number of aromatic amines is 2. The Morgan fingerprint density at radius 2 is 2.07 bits per heavy atom. The summed E-state index contributed by atoms with van der Waals surface area (Å²) in [5, 5.41) is 21.0. The number of ether oxygens (including phenoxy) is 1. The van der Waals surface area contributed by atoms with Gasteiger partial charge in [0.2, 0.25) is 0 Å². The zero-order valence-electron chi connectivity index (χ0n) is 15.0. The van der Waals surface area contributed by atoms with Crippen LogP contribution in [0.1, 0.15) is 29.4 Å². The maximum absolute atomic E-state index is 13.0. The molecule has 3 N–H and O–H groups in total. The fourth-order valence-electron chi connectivity index (χ4n) is 3.49. The van der Waals surface area contributed by atoms with Gasteiger partial charge in [-0.05, 0) is 49.7 Å². The van der Waals surface area contributed by atoms with Crippen LogP contribution >= 0.6 is 0 Å². The summed E-state index contributed by atoms with van der Waals surface area (Å²) in [6, 6.07) is 10.1. The first-order chi connectivity index (χ1) is 13.3. The van der Waals surface area contributed by atoms with Crippen molar-refractivity contribution < 1.29 is 18.6 Å². The molecule has 0 aliphatic rings. The molecular formula is C20H16F2N4O2. The summed E-state index contributed by atoms with van der Waals surface area (Å²) in [4.78, 5) is 10.5. The second-order valence-corrected chi connectivity index (χ2v) is 6.71. The van der Waals surface area contributed by atoms with Gasteiger partial charge < -0.3 is 19.8 Å². The van der Waals surface area contributed by atoms with Crippen LogP contribution in [0, 0.1) is 18.3 Å². The van der Waals surface area contributed by atoms with Crippen LogP contribution in [0.5, 0.6) is 5.75 Å². The van der Waals surface area contributed by atoms with Crippen LogP contribution in [-0.4, -0.2) is 26.7 Å². The summed E-state index contributed by atoms with van der Waals surface area (Å²) in [5.74, 6) is 0.0332. The first kappa shape index (κ1) is 17.9. The van der Waals surface area contributed by atoms with Gasteiger partial charge in [-0.3, -0.25) is 0 Å². The van der Waals surface area contributed by atoms with Gasteiger partial charge in [-0.25, -0.2) is 4.98 Å². The van der Waals surface area contributed by atoms with E-state index < -0.39 is 12.2 Å². The van der Waals surface area contributed by atoms with Gasteiger partial charge in [0.05, 0.1) is 22.7 Å². The molecule has 2 aromatic carbocycles. The smallest absolute Gasteiger partial charge is 0.387 e. The Balaban J connectivity index is 1.96. The number of halogens is 2. The van der Waals surface area contributed by atoms with Crippen molar-refractivity contribution in [2.24, 2.45) is 0 Å². The molecule has 6 nitrogen and oxygen atoms in total. The Labute approximate surface area is 158 Å². The van der Waals surface area contributed by atoms with Gasteiger partial charge in [0.25, 0.3) is 0 Å². The number of H-pyrrole nitrogens is 2. The van der Waals surface area contributed by atoms with Crippen LogP contribution in [0.3, 0.4) is 0 Å². The number of nitrogens with one attached hydrogen (secondary N) is 2. The number of hydrogen-bond acceptors (Lipinski definition) is 4. The summed E-state index contributed by atoms with van der Waals surface area (Å²) in [6.45, 7) is 0.185. The SMILES string of the molecule is Cc1cc(OC(F)F)c(C(C)(O)c2nc3cc(C#N)ccc3[nH]2)c2cc[nH]c12. The molecule has 0 fully saturated rings. The Hall–Kier alpha value is -3.44. The molecule has 2 heterocycles. The maximum Gasteiger partial charge on any atom is 0.387 e. The molecule has 0 aliphatic carbocycles. The van der Waals surface area contributed by atoms with Gasteiger partial charge in [0.1, 0.15) is 17.2 Å². The van der Waals surface area contributed by atoms with Crippen molar-refractivity contribution in [2.75, 3.05) is 0 Å². The van der Waals surface area contributed by atoms with Crippen molar-refractivity contribution in [1.82, 2.24) is 15.0 Å². The molecule has 1 atom stereocenters. The predicted octanol–water partition coefficient (Wildman–Crippen LogP) is 4.08. The number of nitrogens with zero attached hydrogens (tertiary/aromatic N) is 2. The van der Waals surface area contributed by atoms with E-state index in [0.29, 0.717) is 33.1 Å². The van der Waals surface area contributed by atoms with Crippen molar-refractivity contribution in [1.29, 1.82) is 5.26 Å². The largest absolute Gasteiger partial charge is 0.434 e. The number of aliphatic hydroxyl groups is 1. The fraction of sp³-hybridized carbons (Fsp3) is 0.200. The van der Waals surface area contributed by atoms with Gasteiger partial charge in [0.15, 0.2) is 0 Å². The Morgan fingerprint density at radius 1 is 1.29 bits per heavy atom. The summed E-state index contributed by atoms with van der Waals surface area (Å²) in [5.41, 5.74) is 1.36. The maximum atomic E-state index is 13.0. The summed E-state index contributed by atoms with van der Waals surface area (Å²) < 4.78 is 30.8. The molecule has 0 amide bonds. The highest BCUT2D eigenvalue weighted by molar-refractivity contribution is 5.89. The molecule has 4 aromatic rings. The van der Waals surface area contributed by atoms with E-state index in [1.807, 2.05) is 6.07 Å². The lowest BCUT2D eigenvalue weighted by Crippen LogP contribution is -2.26. The van der Waals surface area contributed by atoms with Crippen molar-refractivity contribution in [2.45, 2.75) is 26.1 Å². The molecule has 0 saturated heterocycles. The average molecular weight is 382 g/mol. The van der Waals surface area contributed by atoms with E-state index in [-0.39, 0.29) is 17.1 Å². The molecule has 0 bridgehead atoms. The lowest BCUT2D eigenvalue weighted by Gasteiger charge is -2.25. The highest BCUT2D eigenvalue weighted by Gasteiger charge is 2.36. The molecule has 28 heavy (non-hydrogen) atoms. The van der Waals surface area contributed by atoms with Gasteiger partial charge >= 0.3 is 6.61 Å². The zero-order valence-corrected chi connectivity index (χ0v) is 15.0. The molecule has 2 aromatic heterocycles. The van der Waals surface area contributed by atoms with Crippen molar-refractivity contribution >= 4 is 21.9 Å². The van der Waals surface area contributed by atoms with Crippen LogP contribution in [-0.2, 0) is 5.60 Å². The van der Waals surface area contributed by atoms with E-state index in [9.17, 15) is 13.9 Å². The van der Waals surface area contributed by atoms with E-state index in [1.54, 1.807) is 37.4 Å². The topological polar surface area (TPSA) is 97.7 Å². The number of fused-ring (bicyclic) bond motifs is 2. The van der Waals surface area contributed by atoms with Crippen LogP contribution in [0.15, 0.2) is 36.5 Å². The second kappa shape index (κ2) is 6.32. The lowest BCUT2D eigenvalue weighted by atomic mass is 9.90. The van der Waals surface area contributed by atoms with E-state index in [1.165, 1.54) is 13.0 Å². The van der Waals surface area contributed by atoms with E-state index in [4.69, 9.17) is 10.00 Å². The number of nitriles is 1. The first-order valence-electron chi connectivity index (χ1n) is 8.50. The van der Waals surface area contributed by atoms with Crippen molar-refractivity contribution in [3.8, 4) is 11.8 Å². The average Bonchev–Trinajstić information content (AvgIpc) is 3.27. The molecule has 1 unspecified atom stereocenters. The van der Waals surface area contributed by atoms with Gasteiger partial charge in [-0.15, -0.1) is 0 Å². The number of aromatic nitrogens is 3. The minimum Gasteiger partial charge on any atom is -0.434 e. The first-order valence-corrected chi connectivity index (χ1v) is 8.50. The quantitative estimate of drug-likeness (QED) is 0.495. The van der Waals surface area contributed by atoms with Gasteiger partial charge in [-0.2, -0.15) is 14.0 Å². The monoisotopic (exact) mass is 382 g/mol. The highest BCUT2D eigenvalue weighted by atomic mass is 19.3. The van der Waals surface area contributed by atoms with Crippen LogP contribution in [0.4, 0.5) is 8.78 Å². The van der Waals surface area contributed by atoms with Crippen molar-refractivity contribution in [3.05, 3.63) is 59.0 Å². The third kappa shape index (κ3) is 2.77. The summed E-state index contributed by atoms with van der Waals surface area (Å²) in [6.07, 6.45) is 1.67. The zero-order chi connectivity index (χ0) is 20.1. The predicted molar refractivity (Wildman–Crippen MR) is 99.1 cm³/mol. The molecule has 0 aliphatic heterocycles. The minimum atomic E-state index is -3.04. The van der Waals surface area contributed by atoms with E-state index >= 15 is 0 Å². The minimum absolute atomic E-state index is 0.122. The molecule has 4 rings (SSSR count). The number of imidazole rings is 1. The second-order valence-electron chi connectivity index (χ2n) is 6.71. The van der Waals surface area contributed by atoms with E-state index in [2.05, 4.69) is 15.0 Å². The molecule has 8 heteroatoms. The molecule has 0 spiro atoms. The van der Waals surface area contributed by atoms with E-state index in [0.717, 1.165) is 0 Å². The number of hydrogen-bond donors (Lipinski definition) is 3. The number of rotatable bonds is 4. The standard InChI is InChI=1S/C20H16F2N4O2/c1-10-7-15(28-19(21)22)16(12-5-6-24-17(10)12)20(2,27)18-25-13-4-3-11(9-23)8-14(13)26-18/h3-8,19,24,27H,1-2H3,(H,25,26).